The lowest BCUT2D eigenvalue weighted by Gasteiger charge is -2.04. The lowest BCUT2D eigenvalue weighted by molar-refractivity contribution is 0.259. The van der Waals surface area contributed by atoms with Gasteiger partial charge in [0.1, 0.15) is 5.84 Å². The van der Waals surface area contributed by atoms with E-state index in [-0.39, 0.29) is 11.8 Å². The van der Waals surface area contributed by atoms with Crippen LogP contribution in [0, 0.1) is 13.8 Å². The molecule has 2 amide bonds. The highest BCUT2D eigenvalue weighted by Gasteiger charge is 2.06. The van der Waals surface area contributed by atoms with Crippen molar-refractivity contribution < 1.29 is 4.79 Å². The molecule has 0 unspecified atom stereocenters. The van der Waals surface area contributed by atoms with Gasteiger partial charge in [0.05, 0.1) is 0 Å². The number of amidine groups is 1. The van der Waals surface area contributed by atoms with Crippen molar-refractivity contribution in [1.82, 2.24) is 9.97 Å². The number of hydrogen-bond donors (Lipinski definition) is 2. The van der Waals surface area contributed by atoms with Crippen molar-refractivity contribution in [3.05, 3.63) is 53.3 Å². The summed E-state index contributed by atoms with van der Waals surface area (Å²) < 4.78 is 0. The van der Waals surface area contributed by atoms with Crippen LogP contribution in [0.2, 0.25) is 0 Å². The summed E-state index contributed by atoms with van der Waals surface area (Å²) >= 11 is 0. The number of benzene rings is 1. The van der Waals surface area contributed by atoms with E-state index in [1.54, 1.807) is 12.1 Å². The first-order valence-corrected chi connectivity index (χ1v) is 6.07. The third kappa shape index (κ3) is 3.61. The molecule has 3 N–H and O–H groups in total. The van der Waals surface area contributed by atoms with E-state index in [2.05, 4.69) is 20.3 Å². The standard InChI is InChI=1S/C14H15N5O/c1-9-8-10(2)17-13(16-9)19-14(20)18-12(15)11-6-4-3-5-7-11/h3-8H,1-2H3,(H3,15,16,17,18,19,20). The number of aromatic nitrogens is 2. The minimum absolute atomic E-state index is 0.146. The Balaban J connectivity index is 2.12. The summed E-state index contributed by atoms with van der Waals surface area (Å²) in [7, 11) is 0. The van der Waals surface area contributed by atoms with Gasteiger partial charge in [0.25, 0.3) is 0 Å². The summed E-state index contributed by atoms with van der Waals surface area (Å²) in [5, 5.41) is 2.50. The van der Waals surface area contributed by atoms with Crippen LogP contribution in [-0.4, -0.2) is 21.8 Å². The maximum atomic E-state index is 11.8. The molecule has 2 rings (SSSR count). The minimum atomic E-state index is -0.601. The molecule has 1 aromatic carbocycles. The number of amides is 2. The minimum Gasteiger partial charge on any atom is -0.383 e. The molecule has 0 aliphatic carbocycles. The van der Waals surface area contributed by atoms with Crippen molar-refractivity contribution >= 4 is 17.8 Å². The van der Waals surface area contributed by atoms with Gasteiger partial charge >= 0.3 is 6.03 Å². The fraction of sp³-hybridized carbons (Fsp3) is 0.143. The number of urea groups is 1. The predicted molar refractivity (Wildman–Crippen MR) is 77.7 cm³/mol. The van der Waals surface area contributed by atoms with E-state index in [0.717, 1.165) is 11.4 Å². The fourth-order valence-corrected chi connectivity index (χ4v) is 1.69. The molecule has 1 aromatic heterocycles. The van der Waals surface area contributed by atoms with Crippen molar-refractivity contribution in [1.29, 1.82) is 0 Å². The normalized spacial score (nSPS) is 11.2. The first-order chi connectivity index (χ1) is 9.54. The average Bonchev–Trinajstić information content (AvgIpc) is 2.38. The van der Waals surface area contributed by atoms with E-state index in [0.29, 0.717) is 5.56 Å². The predicted octanol–water partition coefficient (Wildman–Crippen LogP) is 2.03. The topological polar surface area (TPSA) is 93.3 Å². The lowest BCUT2D eigenvalue weighted by Crippen LogP contribution is -2.19. The fourth-order valence-electron chi connectivity index (χ4n) is 1.69. The molecular weight excluding hydrogens is 254 g/mol. The number of carbonyl (C=O) groups is 1. The molecule has 20 heavy (non-hydrogen) atoms. The van der Waals surface area contributed by atoms with Crippen LogP contribution in [0.15, 0.2) is 41.4 Å². The second-order valence-corrected chi connectivity index (χ2v) is 4.27. The highest BCUT2D eigenvalue weighted by Crippen LogP contribution is 2.04. The molecular formula is C14H15N5O. The highest BCUT2D eigenvalue weighted by molar-refractivity contribution is 6.06. The second-order valence-electron chi connectivity index (χ2n) is 4.27. The number of nitrogens with one attached hydrogen (secondary N) is 1. The molecule has 0 radical (unpaired) electrons. The molecule has 0 saturated carbocycles. The number of carbonyl (C=O) groups excluding carboxylic acids is 1. The zero-order valence-corrected chi connectivity index (χ0v) is 11.3. The number of nitrogens with zero attached hydrogens (tertiary/aromatic N) is 3. The van der Waals surface area contributed by atoms with E-state index in [1.165, 1.54) is 0 Å². The van der Waals surface area contributed by atoms with Crippen LogP contribution in [0.25, 0.3) is 0 Å². The average molecular weight is 269 g/mol. The van der Waals surface area contributed by atoms with Crippen LogP contribution >= 0.6 is 0 Å². The van der Waals surface area contributed by atoms with Gasteiger partial charge in [-0.1, -0.05) is 30.3 Å². The largest absolute Gasteiger partial charge is 0.383 e. The van der Waals surface area contributed by atoms with E-state index in [1.807, 2.05) is 38.1 Å². The van der Waals surface area contributed by atoms with Crippen molar-refractivity contribution in [3.63, 3.8) is 0 Å². The van der Waals surface area contributed by atoms with Crippen LogP contribution in [0.5, 0.6) is 0 Å². The summed E-state index contributed by atoms with van der Waals surface area (Å²) in [5.74, 6) is 0.365. The molecule has 1 heterocycles. The Morgan fingerprint density at radius 1 is 1.15 bits per heavy atom. The molecule has 2 aromatic rings. The van der Waals surface area contributed by atoms with Gasteiger partial charge in [-0.05, 0) is 19.9 Å². The zero-order chi connectivity index (χ0) is 14.5. The van der Waals surface area contributed by atoms with E-state index in [4.69, 9.17) is 5.73 Å². The van der Waals surface area contributed by atoms with E-state index < -0.39 is 6.03 Å². The highest BCUT2D eigenvalue weighted by atomic mass is 16.2. The third-order valence-corrected chi connectivity index (χ3v) is 2.49. The van der Waals surface area contributed by atoms with Crippen molar-refractivity contribution in [2.24, 2.45) is 10.7 Å². The van der Waals surface area contributed by atoms with Crippen molar-refractivity contribution in [2.75, 3.05) is 5.32 Å². The molecule has 102 valence electrons. The van der Waals surface area contributed by atoms with Gasteiger partial charge in [-0.15, -0.1) is 0 Å². The van der Waals surface area contributed by atoms with Crippen LogP contribution in [0.3, 0.4) is 0 Å². The number of anilines is 1. The van der Waals surface area contributed by atoms with E-state index in [9.17, 15) is 4.79 Å². The number of aryl methyl sites for hydroxylation is 2. The van der Waals surface area contributed by atoms with Gasteiger partial charge in [-0.25, -0.2) is 14.8 Å². The maximum Gasteiger partial charge on any atom is 0.349 e. The number of aliphatic imine (C=N–C) groups is 1. The number of hydrogen-bond acceptors (Lipinski definition) is 3. The van der Waals surface area contributed by atoms with Crippen molar-refractivity contribution in [3.8, 4) is 0 Å². The SMILES string of the molecule is Cc1cc(C)nc(NC(=O)/N=C(\N)c2ccccc2)n1. The summed E-state index contributed by atoms with van der Waals surface area (Å²) in [4.78, 5) is 23.7. The Hall–Kier alpha value is -2.76. The smallest absolute Gasteiger partial charge is 0.349 e. The molecule has 0 aliphatic rings. The molecule has 6 heteroatoms. The Morgan fingerprint density at radius 2 is 1.75 bits per heavy atom. The van der Waals surface area contributed by atoms with Gasteiger partial charge in [-0.2, -0.15) is 4.99 Å². The molecule has 6 nitrogen and oxygen atoms in total. The van der Waals surface area contributed by atoms with Crippen LogP contribution in [0.1, 0.15) is 17.0 Å². The summed E-state index contributed by atoms with van der Waals surface area (Å²) in [6, 6.07) is 10.3. The first kappa shape index (κ1) is 13.7. The van der Waals surface area contributed by atoms with Crippen LogP contribution in [-0.2, 0) is 0 Å². The maximum absolute atomic E-state index is 11.8. The van der Waals surface area contributed by atoms with Gasteiger partial charge in [0, 0.05) is 17.0 Å². The summed E-state index contributed by atoms with van der Waals surface area (Å²) in [6.07, 6.45) is 0. The Labute approximate surface area is 116 Å². The number of nitrogens with two attached hydrogens (primary N) is 1. The van der Waals surface area contributed by atoms with Gasteiger partial charge in [0.2, 0.25) is 5.95 Å². The third-order valence-electron chi connectivity index (χ3n) is 2.49. The van der Waals surface area contributed by atoms with Gasteiger partial charge in [0.15, 0.2) is 0 Å². The van der Waals surface area contributed by atoms with Crippen LogP contribution in [0.4, 0.5) is 10.7 Å². The molecule has 0 aliphatic heterocycles. The second kappa shape index (κ2) is 5.92. The van der Waals surface area contributed by atoms with Gasteiger partial charge in [-0.3, -0.25) is 5.32 Å². The summed E-state index contributed by atoms with van der Waals surface area (Å²) in [6.45, 7) is 3.65. The molecule has 0 fully saturated rings. The summed E-state index contributed by atoms with van der Waals surface area (Å²) in [5.41, 5.74) is 7.98. The number of rotatable bonds is 2. The molecule has 0 bridgehead atoms. The molecule has 0 saturated heterocycles. The van der Waals surface area contributed by atoms with E-state index >= 15 is 0 Å². The zero-order valence-electron chi connectivity index (χ0n) is 11.3. The molecule has 0 atom stereocenters. The Kier molecular flexibility index (Phi) is 4.05. The lowest BCUT2D eigenvalue weighted by atomic mass is 10.2. The quantitative estimate of drug-likeness (QED) is 0.644. The van der Waals surface area contributed by atoms with Crippen molar-refractivity contribution in [2.45, 2.75) is 13.8 Å². The first-order valence-electron chi connectivity index (χ1n) is 6.07. The Morgan fingerprint density at radius 3 is 2.35 bits per heavy atom. The monoisotopic (exact) mass is 269 g/mol. The van der Waals surface area contributed by atoms with Gasteiger partial charge < -0.3 is 5.73 Å². The Bertz CT molecular complexity index is 632. The molecule has 0 spiro atoms. The van der Waals surface area contributed by atoms with Crippen LogP contribution < -0.4 is 11.1 Å².